The van der Waals surface area contributed by atoms with E-state index in [9.17, 15) is 0 Å². The number of nitrogen functional groups attached to an aromatic ring is 2. The molecule has 0 saturated heterocycles. The molecular formula is C18H16N2O. The standard InChI is InChI=1S/C18H16N2O/c19-15-7-9-16(10-8-15)21-18-12-14(6-11-17(18)20)13-4-2-1-3-5-13/h1-12H,19-20H2. The molecule has 0 unspecified atom stereocenters. The number of ether oxygens (including phenoxy) is 1. The molecule has 0 fully saturated rings. The molecule has 0 aliphatic heterocycles. The van der Waals surface area contributed by atoms with Crippen molar-refractivity contribution in [2.24, 2.45) is 0 Å². The van der Waals surface area contributed by atoms with E-state index in [1.165, 1.54) is 0 Å². The van der Waals surface area contributed by atoms with E-state index in [0.717, 1.165) is 11.1 Å². The van der Waals surface area contributed by atoms with Gasteiger partial charge in [0.25, 0.3) is 0 Å². The van der Waals surface area contributed by atoms with E-state index < -0.39 is 0 Å². The summed E-state index contributed by atoms with van der Waals surface area (Å²) in [6.45, 7) is 0. The van der Waals surface area contributed by atoms with Gasteiger partial charge < -0.3 is 16.2 Å². The van der Waals surface area contributed by atoms with Gasteiger partial charge in [0.1, 0.15) is 5.75 Å². The van der Waals surface area contributed by atoms with Gasteiger partial charge in [-0.05, 0) is 47.5 Å². The molecule has 0 heterocycles. The van der Waals surface area contributed by atoms with Crippen LogP contribution in [0.3, 0.4) is 0 Å². The monoisotopic (exact) mass is 276 g/mol. The lowest BCUT2D eigenvalue weighted by Crippen LogP contribution is -1.93. The van der Waals surface area contributed by atoms with Crippen LogP contribution in [0.1, 0.15) is 0 Å². The summed E-state index contributed by atoms with van der Waals surface area (Å²) in [6.07, 6.45) is 0. The molecule has 0 aromatic heterocycles. The third-order valence-corrected chi connectivity index (χ3v) is 3.23. The van der Waals surface area contributed by atoms with Gasteiger partial charge in [-0.2, -0.15) is 0 Å². The number of anilines is 2. The fourth-order valence-corrected chi connectivity index (χ4v) is 2.10. The Hall–Kier alpha value is -2.94. The van der Waals surface area contributed by atoms with Crippen molar-refractivity contribution in [2.75, 3.05) is 11.5 Å². The summed E-state index contributed by atoms with van der Waals surface area (Å²) in [5.74, 6) is 1.35. The van der Waals surface area contributed by atoms with Gasteiger partial charge in [-0.3, -0.25) is 0 Å². The second-order valence-electron chi connectivity index (χ2n) is 4.79. The Bertz CT molecular complexity index is 737. The molecule has 104 valence electrons. The Morgan fingerprint density at radius 1 is 0.667 bits per heavy atom. The molecule has 0 atom stereocenters. The van der Waals surface area contributed by atoms with Crippen LogP contribution in [0, 0.1) is 0 Å². The molecule has 0 saturated carbocycles. The quantitative estimate of drug-likeness (QED) is 0.701. The van der Waals surface area contributed by atoms with E-state index in [4.69, 9.17) is 16.2 Å². The summed E-state index contributed by atoms with van der Waals surface area (Å²) in [6, 6.07) is 23.1. The minimum Gasteiger partial charge on any atom is -0.455 e. The Morgan fingerprint density at radius 2 is 1.38 bits per heavy atom. The van der Waals surface area contributed by atoms with Crippen LogP contribution in [0.25, 0.3) is 11.1 Å². The smallest absolute Gasteiger partial charge is 0.150 e. The van der Waals surface area contributed by atoms with Crippen molar-refractivity contribution >= 4 is 11.4 Å². The van der Waals surface area contributed by atoms with Crippen LogP contribution in [-0.2, 0) is 0 Å². The minimum absolute atomic E-state index is 0.603. The van der Waals surface area contributed by atoms with Gasteiger partial charge in [-0.15, -0.1) is 0 Å². The van der Waals surface area contributed by atoms with Gasteiger partial charge in [0, 0.05) is 5.69 Å². The maximum atomic E-state index is 6.00. The molecule has 0 bridgehead atoms. The average Bonchev–Trinajstić information content (AvgIpc) is 2.52. The summed E-state index contributed by atoms with van der Waals surface area (Å²) >= 11 is 0. The van der Waals surface area contributed by atoms with E-state index in [1.54, 1.807) is 12.1 Å². The van der Waals surface area contributed by atoms with Gasteiger partial charge in [0.15, 0.2) is 5.75 Å². The first-order valence-electron chi connectivity index (χ1n) is 6.71. The minimum atomic E-state index is 0.603. The fourth-order valence-electron chi connectivity index (χ4n) is 2.10. The van der Waals surface area contributed by atoms with E-state index in [0.29, 0.717) is 22.9 Å². The van der Waals surface area contributed by atoms with E-state index in [-0.39, 0.29) is 0 Å². The number of hydrogen-bond acceptors (Lipinski definition) is 3. The molecule has 0 amide bonds. The van der Waals surface area contributed by atoms with Gasteiger partial charge >= 0.3 is 0 Å². The number of rotatable bonds is 3. The van der Waals surface area contributed by atoms with Crippen molar-refractivity contribution in [2.45, 2.75) is 0 Å². The Kier molecular flexibility index (Phi) is 3.48. The largest absolute Gasteiger partial charge is 0.455 e. The maximum Gasteiger partial charge on any atom is 0.150 e. The molecule has 4 N–H and O–H groups in total. The first-order valence-corrected chi connectivity index (χ1v) is 6.71. The van der Waals surface area contributed by atoms with Crippen LogP contribution in [-0.4, -0.2) is 0 Å². The zero-order valence-electron chi connectivity index (χ0n) is 11.5. The molecule has 3 aromatic rings. The summed E-state index contributed by atoms with van der Waals surface area (Å²) in [5.41, 5.74) is 15.2. The molecule has 21 heavy (non-hydrogen) atoms. The lowest BCUT2D eigenvalue weighted by atomic mass is 10.1. The second-order valence-corrected chi connectivity index (χ2v) is 4.79. The number of benzene rings is 3. The van der Waals surface area contributed by atoms with Crippen LogP contribution >= 0.6 is 0 Å². The highest BCUT2D eigenvalue weighted by Crippen LogP contribution is 2.32. The molecule has 3 rings (SSSR count). The zero-order chi connectivity index (χ0) is 14.7. The summed E-state index contributed by atoms with van der Waals surface area (Å²) < 4.78 is 5.85. The highest BCUT2D eigenvalue weighted by Gasteiger charge is 2.05. The summed E-state index contributed by atoms with van der Waals surface area (Å²) in [7, 11) is 0. The van der Waals surface area contributed by atoms with Crippen molar-refractivity contribution in [3.8, 4) is 22.6 Å². The van der Waals surface area contributed by atoms with E-state index in [1.807, 2.05) is 48.5 Å². The number of hydrogen-bond donors (Lipinski definition) is 2. The first-order chi connectivity index (χ1) is 10.2. The molecule has 3 heteroatoms. The number of nitrogens with two attached hydrogens (primary N) is 2. The van der Waals surface area contributed by atoms with Crippen LogP contribution in [0.5, 0.6) is 11.5 Å². The topological polar surface area (TPSA) is 61.3 Å². The fraction of sp³-hybridized carbons (Fsp3) is 0. The third kappa shape index (κ3) is 2.98. The van der Waals surface area contributed by atoms with Gasteiger partial charge in [-0.1, -0.05) is 36.4 Å². The van der Waals surface area contributed by atoms with Gasteiger partial charge in [0.05, 0.1) is 5.69 Å². The van der Waals surface area contributed by atoms with Crippen molar-refractivity contribution in [3.05, 3.63) is 72.8 Å². The van der Waals surface area contributed by atoms with Crippen molar-refractivity contribution < 1.29 is 4.74 Å². The van der Waals surface area contributed by atoms with E-state index >= 15 is 0 Å². The molecule has 0 aliphatic carbocycles. The summed E-state index contributed by atoms with van der Waals surface area (Å²) in [4.78, 5) is 0. The van der Waals surface area contributed by atoms with Crippen LogP contribution in [0.15, 0.2) is 72.8 Å². The van der Waals surface area contributed by atoms with Crippen molar-refractivity contribution in [3.63, 3.8) is 0 Å². The van der Waals surface area contributed by atoms with Crippen molar-refractivity contribution in [1.29, 1.82) is 0 Å². The Morgan fingerprint density at radius 3 is 2.10 bits per heavy atom. The summed E-state index contributed by atoms with van der Waals surface area (Å²) in [5, 5.41) is 0. The van der Waals surface area contributed by atoms with E-state index in [2.05, 4.69) is 12.1 Å². The third-order valence-electron chi connectivity index (χ3n) is 3.23. The van der Waals surface area contributed by atoms with Crippen LogP contribution in [0.2, 0.25) is 0 Å². The van der Waals surface area contributed by atoms with Crippen LogP contribution < -0.4 is 16.2 Å². The lowest BCUT2D eigenvalue weighted by Gasteiger charge is -2.11. The molecule has 0 spiro atoms. The highest BCUT2D eigenvalue weighted by atomic mass is 16.5. The first kappa shape index (κ1) is 13.1. The molecule has 0 radical (unpaired) electrons. The Balaban J connectivity index is 1.93. The SMILES string of the molecule is Nc1ccc(Oc2cc(-c3ccccc3)ccc2N)cc1. The molecule has 3 nitrogen and oxygen atoms in total. The van der Waals surface area contributed by atoms with Gasteiger partial charge in [0.2, 0.25) is 0 Å². The average molecular weight is 276 g/mol. The van der Waals surface area contributed by atoms with Crippen LogP contribution in [0.4, 0.5) is 11.4 Å². The molecular weight excluding hydrogens is 260 g/mol. The predicted molar refractivity (Wildman–Crippen MR) is 87.2 cm³/mol. The Labute approximate surface area is 123 Å². The lowest BCUT2D eigenvalue weighted by molar-refractivity contribution is 0.485. The van der Waals surface area contributed by atoms with Gasteiger partial charge in [-0.25, -0.2) is 0 Å². The van der Waals surface area contributed by atoms with Crippen molar-refractivity contribution in [1.82, 2.24) is 0 Å². The second kappa shape index (κ2) is 5.59. The molecule has 3 aromatic carbocycles. The normalized spacial score (nSPS) is 10.3. The highest BCUT2D eigenvalue weighted by molar-refractivity contribution is 5.70. The molecule has 0 aliphatic rings. The predicted octanol–water partition coefficient (Wildman–Crippen LogP) is 4.31. The zero-order valence-corrected chi connectivity index (χ0v) is 11.5. The maximum absolute atomic E-state index is 6.00.